The van der Waals surface area contributed by atoms with E-state index in [1.807, 2.05) is 75.8 Å². The van der Waals surface area contributed by atoms with Crippen molar-refractivity contribution in [3.63, 3.8) is 0 Å². The Morgan fingerprint density at radius 3 is 2.49 bits per heavy atom. The minimum Gasteiger partial charge on any atom is -0.456 e. The Balaban J connectivity index is 1.19. The molecule has 0 bridgehead atoms. The van der Waals surface area contributed by atoms with Gasteiger partial charge in [0.15, 0.2) is 0 Å². The number of aromatic nitrogens is 6. The third-order valence-electron chi connectivity index (χ3n) is 8.66. The molecule has 0 spiro atoms. The molecule has 0 saturated carbocycles. The number of likely N-dealkylation sites (tertiary alicyclic amines) is 1. The second-order valence-corrected chi connectivity index (χ2v) is 21.0. The highest BCUT2D eigenvalue weighted by Crippen LogP contribution is 2.36. The number of hydrogen-bond donors (Lipinski definition) is 0. The Labute approximate surface area is 293 Å². The Morgan fingerprint density at radius 2 is 1.78 bits per heavy atom. The highest BCUT2D eigenvalue weighted by molar-refractivity contribution is 6.76. The molecular weight excluding hydrogens is 658 g/mol. The van der Waals surface area contributed by atoms with Crippen molar-refractivity contribution < 1.29 is 19.0 Å². The Kier molecular flexibility index (Phi) is 9.76. The number of benzene rings is 2. The van der Waals surface area contributed by atoms with Gasteiger partial charge in [-0.05, 0) is 77.8 Å². The van der Waals surface area contributed by atoms with Gasteiger partial charge in [0.1, 0.15) is 40.2 Å². The van der Waals surface area contributed by atoms with Gasteiger partial charge < -0.3 is 23.7 Å². The van der Waals surface area contributed by atoms with E-state index in [0.717, 1.165) is 53.6 Å². The van der Waals surface area contributed by atoms with Crippen molar-refractivity contribution in [1.29, 1.82) is 0 Å². The number of carbonyl (C=O) groups is 1. The zero-order valence-corrected chi connectivity index (χ0v) is 31.5. The van der Waals surface area contributed by atoms with Gasteiger partial charge in [-0.3, -0.25) is 9.67 Å². The Hall–Kier alpha value is -4.00. The SMILES string of the molecule is Cc1nn(C2CCN(C(=O)OC(C)(C)C)CC2)cc1-c1cnc2ccc(Oc3ccc4nc(C)n(COCC[Si](C)(C)C)c4c3)c(Cl)c2n1. The molecule has 2 aromatic carbocycles. The summed E-state index contributed by atoms with van der Waals surface area (Å²) in [5, 5.41) is 5.21. The van der Waals surface area contributed by atoms with Crippen molar-refractivity contribution >= 4 is 47.8 Å². The average Bonchev–Trinajstić information content (AvgIpc) is 3.57. The van der Waals surface area contributed by atoms with Gasteiger partial charge in [0.05, 0.1) is 40.2 Å². The minimum atomic E-state index is -1.18. The molecule has 6 rings (SSSR count). The van der Waals surface area contributed by atoms with Crippen molar-refractivity contribution in [2.45, 2.75) is 91.5 Å². The fourth-order valence-electron chi connectivity index (χ4n) is 5.91. The van der Waals surface area contributed by atoms with Crippen LogP contribution >= 0.6 is 11.6 Å². The largest absolute Gasteiger partial charge is 0.456 e. The van der Waals surface area contributed by atoms with Gasteiger partial charge in [-0.2, -0.15) is 5.10 Å². The zero-order chi connectivity index (χ0) is 35.1. The first-order valence-corrected chi connectivity index (χ1v) is 21.0. The third kappa shape index (κ3) is 8.08. The van der Waals surface area contributed by atoms with Crippen LogP contribution in [-0.2, 0) is 16.2 Å². The molecule has 1 fully saturated rings. The van der Waals surface area contributed by atoms with Crippen LogP contribution < -0.4 is 4.74 Å². The quantitative estimate of drug-likeness (QED) is 0.111. The van der Waals surface area contributed by atoms with Gasteiger partial charge >= 0.3 is 6.09 Å². The Morgan fingerprint density at radius 1 is 1.04 bits per heavy atom. The van der Waals surface area contributed by atoms with E-state index in [1.54, 1.807) is 11.1 Å². The number of nitrogens with zero attached hydrogens (tertiary/aromatic N) is 7. The highest BCUT2D eigenvalue weighted by atomic mass is 35.5. The van der Waals surface area contributed by atoms with Crippen LogP contribution in [0.1, 0.15) is 51.2 Å². The molecule has 260 valence electrons. The minimum absolute atomic E-state index is 0.164. The highest BCUT2D eigenvalue weighted by Gasteiger charge is 2.28. The number of imidazole rings is 1. The van der Waals surface area contributed by atoms with Crippen LogP contribution in [0.4, 0.5) is 4.79 Å². The number of rotatable bonds is 9. The molecule has 3 aromatic heterocycles. The summed E-state index contributed by atoms with van der Waals surface area (Å²) in [5.41, 5.74) is 4.92. The average molecular weight is 704 g/mol. The van der Waals surface area contributed by atoms with Crippen LogP contribution in [0.25, 0.3) is 33.3 Å². The van der Waals surface area contributed by atoms with Crippen LogP contribution in [0, 0.1) is 13.8 Å². The molecule has 1 amide bonds. The third-order valence-corrected chi connectivity index (χ3v) is 10.7. The lowest BCUT2D eigenvalue weighted by Gasteiger charge is -2.33. The number of amides is 1. The molecule has 11 nitrogen and oxygen atoms in total. The van der Waals surface area contributed by atoms with Gasteiger partial charge in [0.2, 0.25) is 0 Å². The number of carbonyl (C=O) groups excluding carboxylic acids is 1. The van der Waals surface area contributed by atoms with Gasteiger partial charge in [-0.1, -0.05) is 31.2 Å². The molecule has 0 radical (unpaired) electrons. The first-order valence-electron chi connectivity index (χ1n) is 16.9. The molecular formula is C36H46ClN7O4Si. The van der Waals surface area contributed by atoms with Crippen LogP contribution in [0.5, 0.6) is 11.5 Å². The van der Waals surface area contributed by atoms with E-state index in [-0.39, 0.29) is 12.1 Å². The van der Waals surface area contributed by atoms with E-state index >= 15 is 0 Å². The van der Waals surface area contributed by atoms with E-state index in [0.29, 0.717) is 53.1 Å². The van der Waals surface area contributed by atoms with Crippen LogP contribution in [0.15, 0.2) is 42.7 Å². The maximum absolute atomic E-state index is 12.5. The molecule has 1 aliphatic rings. The molecule has 0 N–H and O–H groups in total. The van der Waals surface area contributed by atoms with Gasteiger partial charge in [-0.25, -0.2) is 14.8 Å². The predicted octanol–water partition coefficient (Wildman–Crippen LogP) is 8.79. The van der Waals surface area contributed by atoms with E-state index in [9.17, 15) is 4.79 Å². The second-order valence-electron chi connectivity index (χ2n) is 15.0. The van der Waals surface area contributed by atoms with Crippen LogP contribution in [-0.4, -0.2) is 73.7 Å². The lowest BCUT2D eigenvalue weighted by atomic mass is 10.1. The fraction of sp³-hybridized carbons (Fsp3) is 0.472. The maximum Gasteiger partial charge on any atom is 0.410 e. The number of piperidine rings is 1. The van der Waals surface area contributed by atoms with Crippen molar-refractivity contribution in [3.8, 4) is 22.8 Å². The second kappa shape index (κ2) is 13.7. The van der Waals surface area contributed by atoms with E-state index in [1.165, 1.54) is 0 Å². The first kappa shape index (κ1) is 34.8. The molecule has 0 aliphatic carbocycles. The summed E-state index contributed by atoms with van der Waals surface area (Å²) in [5.74, 6) is 2.01. The number of halogens is 1. The summed E-state index contributed by atoms with van der Waals surface area (Å²) in [6, 6.07) is 10.8. The topological polar surface area (TPSA) is 109 Å². The van der Waals surface area contributed by atoms with Crippen molar-refractivity contribution in [3.05, 3.63) is 59.3 Å². The van der Waals surface area contributed by atoms with Crippen molar-refractivity contribution in [2.24, 2.45) is 0 Å². The molecule has 49 heavy (non-hydrogen) atoms. The van der Waals surface area contributed by atoms with Crippen LogP contribution in [0.3, 0.4) is 0 Å². The lowest BCUT2D eigenvalue weighted by molar-refractivity contribution is 0.0184. The molecule has 0 unspecified atom stereocenters. The summed E-state index contributed by atoms with van der Waals surface area (Å²) >= 11 is 6.95. The lowest BCUT2D eigenvalue weighted by Crippen LogP contribution is -2.42. The van der Waals surface area contributed by atoms with Gasteiger partial charge in [-0.15, -0.1) is 0 Å². The number of fused-ring (bicyclic) bond motifs is 2. The van der Waals surface area contributed by atoms with E-state index in [4.69, 9.17) is 40.9 Å². The van der Waals surface area contributed by atoms with Gasteiger partial charge in [0.25, 0.3) is 0 Å². The molecule has 4 heterocycles. The van der Waals surface area contributed by atoms with Crippen molar-refractivity contribution in [2.75, 3.05) is 19.7 Å². The molecule has 1 saturated heterocycles. The van der Waals surface area contributed by atoms with Gasteiger partial charge in [0, 0.05) is 45.6 Å². The van der Waals surface area contributed by atoms with Crippen molar-refractivity contribution in [1.82, 2.24) is 34.2 Å². The normalized spacial score (nSPS) is 14.6. The summed E-state index contributed by atoms with van der Waals surface area (Å²) in [6.07, 6.45) is 5.07. The molecule has 13 heteroatoms. The Bertz CT molecular complexity index is 1990. The molecule has 1 aliphatic heterocycles. The number of ether oxygens (including phenoxy) is 3. The smallest absolute Gasteiger partial charge is 0.410 e. The standard InChI is InChI=1S/C36H46ClN7O4Si/c1-23-27(21-44(41-23)25-13-15-42(16-14-25)35(45)48-36(3,4)5)30-20-38-29-11-12-32(33(37)34(29)40-30)47-26-9-10-28-31(19-26)43(24(2)39-28)22-46-17-18-49(6,7)8/h9-12,19-21,25H,13-18,22H2,1-8H3. The number of aryl methyl sites for hydroxylation is 2. The maximum atomic E-state index is 12.5. The predicted molar refractivity (Wildman–Crippen MR) is 195 cm³/mol. The fourth-order valence-corrected chi connectivity index (χ4v) is 6.90. The molecule has 5 aromatic rings. The summed E-state index contributed by atoms with van der Waals surface area (Å²) in [6.45, 7) is 19.0. The van der Waals surface area contributed by atoms with E-state index < -0.39 is 13.7 Å². The molecule has 0 atom stereocenters. The zero-order valence-electron chi connectivity index (χ0n) is 29.7. The number of hydrogen-bond acceptors (Lipinski definition) is 8. The van der Waals surface area contributed by atoms with E-state index in [2.05, 4.69) is 29.2 Å². The monoisotopic (exact) mass is 703 g/mol. The summed E-state index contributed by atoms with van der Waals surface area (Å²) in [7, 11) is -1.18. The van der Waals surface area contributed by atoms with Crippen LogP contribution in [0.2, 0.25) is 30.7 Å². The summed E-state index contributed by atoms with van der Waals surface area (Å²) in [4.78, 5) is 28.6. The summed E-state index contributed by atoms with van der Waals surface area (Å²) < 4.78 is 22.0. The first-order chi connectivity index (χ1) is 23.1.